The van der Waals surface area contributed by atoms with E-state index in [9.17, 15) is 18.0 Å². The first kappa shape index (κ1) is 31.2. The van der Waals surface area contributed by atoms with Crippen LogP contribution in [0.4, 0.5) is 5.69 Å². The molecule has 8 nitrogen and oxygen atoms in total. The van der Waals surface area contributed by atoms with Gasteiger partial charge in [-0.3, -0.25) is 13.9 Å². The van der Waals surface area contributed by atoms with Crippen molar-refractivity contribution in [2.75, 3.05) is 17.1 Å². The highest BCUT2D eigenvalue weighted by molar-refractivity contribution is 9.10. The number of hydrogen-bond donors (Lipinski definition) is 1. The van der Waals surface area contributed by atoms with E-state index in [2.05, 4.69) is 21.2 Å². The Balaban J connectivity index is 1.82. The lowest BCUT2D eigenvalue weighted by molar-refractivity contribution is -0.139. The molecule has 0 aromatic heterocycles. The van der Waals surface area contributed by atoms with Gasteiger partial charge in [-0.05, 0) is 67.8 Å². The number of rotatable bonds is 13. The lowest BCUT2D eigenvalue weighted by Crippen LogP contribution is -2.52. The SMILES string of the molecule is CC[C@H](C)NC(=O)[C@H](C)N(Cc1cccc(Br)c1)C(=O)CN(c1ccc(OCc2ccccc2)cc1)S(C)(=O)=O. The number of benzene rings is 3. The number of nitrogens with one attached hydrogen (secondary N) is 1. The summed E-state index contributed by atoms with van der Waals surface area (Å²) in [5.74, 6) is -0.232. The Hall–Kier alpha value is -3.37. The molecular formula is C30H36BrN3O5S. The first-order chi connectivity index (χ1) is 19.0. The summed E-state index contributed by atoms with van der Waals surface area (Å²) in [6.45, 7) is 5.55. The number of ether oxygens (including phenoxy) is 1. The maximum Gasteiger partial charge on any atom is 0.244 e. The van der Waals surface area contributed by atoms with Gasteiger partial charge in [-0.1, -0.05) is 65.3 Å². The molecule has 214 valence electrons. The minimum Gasteiger partial charge on any atom is -0.489 e. The summed E-state index contributed by atoms with van der Waals surface area (Å²) in [6.07, 6.45) is 1.79. The van der Waals surface area contributed by atoms with Crippen molar-refractivity contribution < 1.29 is 22.7 Å². The van der Waals surface area contributed by atoms with Gasteiger partial charge in [-0.25, -0.2) is 8.42 Å². The maximum absolute atomic E-state index is 13.7. The second-order valence-electron chi connectivity index (χ2n) is 9.68. The van der Waals surface area contributed by atoms with Crippen LogP contribution >= 0.6 is 15.9 Å². The zero-order chi connectivity index (χ0) is 29.3. The largest absolute Gasteiger partial charge is 0.489 e. The first-order valence-corrected chi connectivity index (χ1v) is 15.7. The van der Waals surface area contributed by atoms with Crippen LogP contribution < -0.4 is 14.4 Å². The minimum absolute atomic E-state index is 0.0621. The average Bonchev–Trinajstić information content (AvgIpc) is 2.93. The van der Waals surface area contributed by atoms with Gasteiger partial charge < -0.3 is 15.0 Å². The van der Waals surface area contributed by atoms with Crippen molar-refractivity contribution in [1.82, 2.24) is 10.2 Å². The highest BCUT2D eigenvalue weighted by Crippen LogP contribution is 2.23. The van der Waals surface area contributed by atoms with Gasteiger partial charge in [0.15, 0.2) is 0 Å². The molecule has 10 heteroatoms. The Morgan fingerprint density at radius 1 is 0.950 bits per heavy atom. The second kappa shape index (κ2) is 14.3. The lowest BCUT2D eigenvalue weighted by atomic mass is 10.1. The van der Waals surface area contributed by atoms with Crippen molar-refractivity contribution in [2.45, 2.75) is 52.4 Å². The summed E-state index contributed by atoms with van der Waals surface area (Å²) in [6, 6.07) is 22.8. The third kappa shape index (κ3) is 9.09. The molecule has 2 amide bonds. The van der Waals surface area contributed by atoms with Gasteiger partial charge >= 0.3 is 0 Å². The van der Waals surface area contributed by atoms with Crippen molar-refractivity contribution in [2.24, 2.45) is 0 Å². The molecule has 0 saturated heterocycles. The molecule has 2 atom stereocenters. The van der Waals surface area contributed by atoms with Gasteiger partial charge in [-0.2, -0.15) is 0 Å². The zero-order valence-electron chi connectivity index (χ0n) is 23.2. The summed E-state index contributed by atoms with van der Waals surface area (Å²) < 4.78 is 33.3. The quantitative estimate of drug-likeness (QED) is 0.283. The van der Waals surface area contributed by atoms with E-state index in [-0.39, 0.29) is 18.5 Å². The van der Waals surface area contributed by atoms with Crippen LogP contribution in [0.3, 0.4) is 0 Å². The van der Waals surface area contributed by atoms with E-state index in [0.717, 1.165) is 32.6 Å². The molecule has 0 fully saturated rings. The van der Waals surface area contributed by atoms with E-state index in [0.29, 0.717) is 18.0 Å². The molecule has 0 aliphatic carbocycles. The Morgan fingerprint density at radius 3 is 2.20 bits per heavy atom. The number of carbonyl (C=O) groups is 2. The Morgan fingerprint density at radius 2 is 1.60 bits per heavy atom. The van der Waals surface area contributed by atoms with Gasteiger partial charge in [0.05, 0.1) is 11.9 Å². The van der Waals surface area contributed by atoms with E-state index in [1.165, 1.54) is 4.90 Å². The van der Waals surface area contributed by atoms with E-state index in [1.54, 1.807) is 31.2 Å². The normalized spacial score (nSPS) is 12.7. The number of sulfonamides is 1. The summed E-state index contributed by atoms with van der Waals surface area (Å²) in [7, 11) is -3.83. The molecule has 0 aliphatic heterocycles. The lowest BCUT2D eigenvalue weighted by Gasteiger charge is -2.32. The predicted octanol–water partition coefficient (Wildman–Crippen LogP) is 5.13. The van der Waals surface area contributed by atoms with Crippen molar-refractivity contribution in [3.63, 3.8) is 0 Å². The number of carbonyl (C=O) groups excluding carboxylic acids is 2. The van der Waals surface area contributed by atoms with Crippen molar-refractivity contribution >= 4 is 43.5 Å². The molecule has 0 radical (unpaired) electrons. The van der Waals surface area contributed by atoms with Crippen LogP contribution in [0.25, 0.3) is 0 Å². The third-order valence-electron chi connectivity index (χ3n) is 6.46. The molecule has 1 N–H and O–H groups in total. The molecule has 3 rings (SSSR count). The van der Waals surface area contributed by atoms with Crippen LogP contribution in [0.1, 0.15) is 38.3 Å². The minimum atomic E-state index is -3.83. The van der Waals surface area contributed by atoms with E-state index >= 15 is 0 Å². The fourth-order valence-corrected chi connectivity index (χ4v) is 5.24. The molecule has 0 unspecified atom stereocenters. The number of nitrogens with zero attached hydrogens (tertiary/aromatic N) is 2. The smallest absolute Gasteiger partial charge is 0.244 e. The molecule has 40 heavy (non-hydrogen) atoms. The summed E-state index contributed by atoms with van der Waals surface area (Å²) >= 11 is 3.44. The van der Waals surface area contributed by atoms with Crippen molar-refractivity contribution in [3.05, 3.63) is 94.5 Å². The standard InChI is InChI=1S/C30H36BrN3O5S/c1-5-22(2)32-30(36)23(3)33(19-25-12-9-13-26(31)18-25)29(35)20-34(40(4,37)38)27-14-16-28(17-15-27)39-21-24-10-7-6-8-11-24/h6-18,22-23H,5,19-21H2,1-4H3,(H,32,36)/t22-,23-/m0/s1. The summed E-state index contributed by atoms with van der Waals surface area (Å²) in [5, 5.41) is 2.92. The molecule has 0 spiro atoms. The highest BCUT2D eigenvalue weighted by atomic mass is 79.9. The number of anilines is 1. The Bertz CT molecular complexity index is 1380. The highest BCUT2D eigenvalue weighted by Gasteiger charge is 2.30. The number of halogens is 1. The Labute approximate surface area is 245 Å². The van der Waals surface area contributed by atoms with Crippen LogP contribution in [0, 0.1) is 0 Å². The number of amides is 2. The van der Waals surface area contributed by atoms with E-state index < -0.39 is 28.5 Å². The van der Waals surface area contributed by atoms with Gasteiger partial charge in [0, 0.05) is 17.1 Å². The van der Waals surface area contributed by atoms with Gasteiger partial charge in [0.2, 0.25) is 21.8 Å². The molecule has 0 aliphatic rings. The second-order valence-corrected chi connectivity index (χ2v) is 12.5. The predicted molar refractivity (Wildman–Crippen MR) is 161 cm³/mol. The molecule has 3 aromatic carbocycles. The first-order valence-electron chi connectivity index (χ1n) is 13.1. The van der Waals surface area contributed by atoms with Crippen molar-refractivity contribution in [1.29, 1.82) is 0 Å². The van der Waals surface area contributed by atoms with E-state index in [1.807, 2.05) is 68.4 Å². The topological polar surface area (TPSA) is 96.0 Å². The van der Waals surface area contributed by atoms with Crippen LogP contribution in [0.15, 0.2) is 83.3 Å². The fourth-order valence-electron chi connectivity index (χ4n) is 3.94. The van der Waals surface area contributed by atoms with Crippen molar-refractivity contribution in [3.8, 4) is 5.75 Å². The maximum atomic E-state index is 13.7. The number of hydrogen-bond acceptors (Lipinski definition) is 5. The molecule has 0 heterocycles. The fraction of sp³-hybridized carbons (Fsp3) is 0.333. The Kier molecular flexibility index (Phi) is 11.2. The van der Waals surface area contributed by atoms with E-state index in [4.69, 9.17) is 4.74 Å². The van der Waals surface area contributed by atoms with Gasteiger partial charge in [0.25, 0.3) is 0 Å². The summed E-state index contributed by atoms with van der Waals surface area (Å²) in [4.78, 5) is 28.1. The molecular weight excluding hydrogens is 594 g/mol. The van der Waals surface area contributed by atoms with Crippen LogP contribution in [0.2, 0.25) is 0 Å². The van der Waals surface area contributed by atoms with Crippen LogP contribution in [-0.4, -0.2) is 50.0 Å². The van der Waals surface area contributed by atoms with Gasteiger partial charge in [0.1, 0.15) is 24.9 Å². The monoisotopic (exact) mass is 629 g/mol. The molecule has 0 saturated carbocycles. The molecule has 3 aromatic rings. The average molecular weight is 631 g/mol. The van der Waals surface area contributed by atoms with Gasteiger partial charge in [-0.15, -0.1) is 0 Å². The zero-order valence-corrected chi connectivity index (χ0v) is 25.6. The third-order valence-corrected chi connectivity index (χ3v) is 8.10. The van der Waals surface area contributed by atoms with Crippen LogP contribution in [-0.2, 0) is 32.8 Å². The summed E-state index contributed by atoms with van der Waals surface area (Å²) in [5.41, 5.74) is 2.13. The van der Waals surface area contributed by atoms with Crippen LogP contribution in [0.5, 0.6) is 5.75 Å². The molecule has 0 bridgehead atoms.